The molecule has 250 valence electrons. The van der Waals surface area contributed by atoms with Crippen LogP contribution < -0.4 is 14.4 Å². The molecule has 8 nitrogen and oxygen atoms in total. The van der Waals surface area contributed by atoms with Gasteiger partial charge < -0.3 is 14.6 Å². The zero-order chi connectivity index (χ0) is 34.3. The number of carbonyl (C=O) groups excluding carboxylic acids is 2. The summed E-state index contributed by atoms with van der Waals surface area (Å²) in [6.45, 7) is 7.16. The van der Waals surface area contributed by atoms with Crippen LogP contribution in [0.4, 0.5) is 5.13 Å². The zero-order valence-corrected chi connectivity index (χ0v) is 29.2. The first-order valence-corrected chi connectivity index (χ1v) is 18.0. The summed E-state index contributed by atoms with van der Waals surface area (Å²) in [7, 11) is 0. The quantitative estimate of drug-likeness (QED) is 0.0327. The number of unbranched alkanes of at least 4 members (excludes halogenated alkanes) is 1. The summed E-state index contributed by atoms with van der Waals surface area (Å²) in [5, 5.41) is 20.6. The van der Waals surface area contributed by atoms with Crippen LogP contribution in [-0.2, 0) is 21.9 Å². The van der Waals surface area contributed by atoms with Gasteiger partial charge >= 0.3 is 5.91 Å². The molecule has 0 aliphatic carbocycles. The molecule has 1 amide bonds. The van der Waals surface area contributed by atoms with Gasteiger partial charge in [0.15, 0.2) is 4.34 Å². The normalized spacial score (nSPS) is 15.5. The fourth-order valence-corrected chi connectivity index (χ4v) is 7.27. The van der Waals surface area contributed by atoms with Gasteiger partial charge in [-0.2, -0.15) is 0 Å². The van der Waals surface area contributed by atoms with Crippen LogP contribution in [0.3, 0.4) is 0 Å². The number of nitrogens with zero attached hydrogens (tertiary/aromatic N) is 3. The van der Waals surface area contributed by atoms with Crippen LogP contribution in [0.5, 0.6) is 11.5 Å². The number of benzene rings is 4. The van der Waals surface area contributed by atoms with E-state index in [1.54, 1.807) is 24.3 Å². The first-order valence-electron chi connectivity index (χ1n) is 16.1. The number of ketones is 1. The molecule has 1 N–H and O–H groups in total. The van der Waals surface area contributed by atoms with Gasteiger partial charge in [-0.25, -0.2) is 0 Å². The number of rotatable bonds is 13. The smallest absolute Gasteiger partial charge is 0.301 e. The number of hydrogen-bond acceptors (Lipinski definition) is 9. The minimum Gasteiger partial charge on any atom is -0.507 e. The Morgan fingerprint density at radius 1 is 0.857 bits per heavy atom. The molecule has 0 spiro atoms. The number of Topliss-reactive ketones (excluding diaryl/α,β-unsaturated/α-hetero) is 1. The van der Waals surface area contributed by atoms with Crippen molar-refractivity contribution >= 4 is 45.7 Å². The monoisotopic (exact) mass is 691 g/mol. The fourth-order valence-electron chi connectivity index (χ4n) is 5.45. The fraction of sp³-hybridized carbons (Fsp3) is 0.231. The van der Waals surface area contributed by atoms with E-state index in [4.69, 9.17) is 9.47 Å². The topological polar surface area (TPSA) is 102 Å². The van der Waals surface area contributed by atoms with Gasteiger partial charge in [-0.05, 0) is 73.4 Å². The molecular weight excluding hydrogens is 655 g/mol. The molecule has 4 aromatic carbocycles. The van der Waals surface area contributed by atoms with Gasteiger partial charge in [0.05, 0.1) is 18.2 Å². The summed E-state index contributed by atoms with van der Waals surface area (Å²) in [5.74, 6) is 0.118. The van der Waals surface area contributed by atoms with E-state index in [0.717, 1.165) is 29.5 Å². The number of carbonyl (C=O) groups is 2. The van der Waals surface area contributed by atoms with Gasteiger partial charge in [-0.3, -0.25) is 14.5 Å². The van der Waals surface area contributed by atoms with Gasteiger partial charge in [-0.1, -0.05) is 108 Å². The maximum atomic E-state index is 13.7. The predicted molar refractivity (Wildman–Crippen MR) is 194 cm³/mol. The maximum Gasteiger partial charge on any atom is 0.301 e. The molecule has 0 bridgehead atoms. The summed E-state index contributed by atoms with van der Waals surface area (Å²) in [6, 6.07) is 29.5. The second-order valence-corrected chi connectivity index (χ2v) is 14.0. The van der Waals surface area contributed by atoms with Crippen molar-refractivity contribution < 1.29 is 24.2 Å². The number of aliphatic hydroxyl groups is 1. The van der Waals surface area contributed by atoms with Crippen molar-refractivity contribution in [1.82, 2.24) is 10.2 Å². The standard InChI is InChI=1S/C39H37N3O5S2/c1-4-5-21-46-31-17-13-29(14-18-31)34-33(35(43)30-15-19-32(20-16-30)47-23-28-8-6-7-26(3)22-28)36(44)37(45)42(34)38-40-41-39(49-38)48-24-27-11-9-25(2)10-12-27/h6-20,22,34,43H,4-5,21,23-24H2,1-3H3. The van der Waals surface area contributed by atoms with E-state index in [0.29, 0.717) is 45.9 Å². The molecule has 1 saturated heterocycles. The summed E-state index contributed by atoms with van der Waals surface area (Å²) < 4.78 is 12.5. The molecule has 0 radical (unpaired) electrons. The van der Waals surface area contributed by atoms with Gasteiger partial charge in [0.25, 0.3) is 5.78 Å². The molecule has 1 aliphatic rings. The second-order valence-electron chi connectivity index (χ2n) is 11.9. The third-order valence-electron chi connectivity index (χ3n) is 8.11. The van der Waals surface area contributed by atoms with Crippen LogP contribution in [0.15, 0.2) is 107 Å². The van der Waals surface area contributed by atoms with Gasteiger partial charge in [-0.15, -0.1) is 10.2 Å². The molecule has 49 heavy (non-hydrogen) atoms. The van der Waals surface area contributed by atoms with E-state index < -0.39 is 17.7 Å². The molecule has 1 fully saturated rings. The Morgan fingerprint density at radius 3 is 2.29 bits per heavy atom. The van der Waals surface area contributed by atoms with Crippen LogP contribution in [0.25, 0.3) is 5.76 Å². The Labute approximate surface area is 294 Å². The van der Waals surface area contributed by atoms with Crippen LogP contribution in [0.1, 0.15) is 59.2 Å². The highest BCUT2D eigenvalue weighted by atomic mass is 32.2. The Morgan fingerprint density at radius 2 is 1.57 bits per heavy atom. The van der Waals surface area contributed by atoms with E-state index in [-0.39, 0.29) is 16.5 Å². The highest BCUT2D eigenvalue weighted by molar-refractivity contribution is 8.00. The summed E-state index contributed by atoms with van der Waals surface area (Å²) in [6.07, 6.45) is 1.94. The molecule has 1 aromatic heterocycles. The number of aliphatic hydroxyl groups excluding tert-OH is 1. The molecule has 1 unspecified atom stereocenters. The van der Waals surface area contributed by atoms with Gasteiger partial charge in [0, 0.05) is 11.3 Å². The highest BCUT2D eigenvalue weighted by Crippen LogP contribution is 2.44. The van der Waals surface area contributed by atoms with Crippen LogP contribution in [0.2, 0.25) is 0 Å². The molecule has 1 atom stereocenters. The number of ether oxygens (including phenoxy) is 2. The van der Waals surface area contributed by atoms with Gasteiger partial charge in [0.2, 0.25) is 5.13 Å². The number of aromatic nitrogens is 2. The van der Waals surface area contributed by atoms with Crippen molar-refractivity contribution in [1.29, 1.82) is 0 Å². The third-order valence-corrected chi connectivity index (χ3v) is 10.2. The SMILES string of the molecule is CCCCOc1ccc(C2C(=C(O)c3ccc(OCc4cccc(C)c4)cc3)C(=O)C(=O)N2c2nnc(SCc3ccc(C)cc3)s2)cc1. The lowest BCUT2D eigenvalue weighted by atomic mass is 9.95. The Hall–Kier alpha value is -4.93. The van der Waals surface area contributed by atoms with E-state index >= 15 is 0 Å². The summed E-state index contributed by atoms with van der Waals surface area (Å²) >= 11 is 2.75. The van der Waals surface area contributed by atoms with Crippen molar-refractivity contribution in [3.63, 3.8) is 0 Å². The molecule has 0 saturated carbocycles. The van der Waals surface area contributed by atoms with Crippen LogP contribution in [0, 0.1) is 13.8 Å². The Balaban J connectivity index is 1.29. The summed E-state index contributed by atoms with van der Waals surface area (Å²) in [4.78, 5) is 28.8. The van der Waals surface area contributed by atoms with Crippen molar-refractivity contribution in [2.75, 3.05) is 11.5 Å². The number of amides is 1. The minimum atomic E-state index is -0.926. The second kappa shape index (κ2) is 15.5. The first kappa shape index (κ1) is 34.0. The van der Waals surface area contributed by atoms with Crippen molar-refractivity contribution in [2.24, 2.45) is 0 Å². The maximum absolute atomic E-state index is 13.7. The molecule has 2 heterocycles. The van der Waals surface area contributed by atoms with Crippen molar-refractivity contribution in [3.05, 3.63) is 136 Å². The first-order chi connectivity index (χ1) is 23.8. The largest absolute Gasteiger partial charge is 0.507 e. The number of hydrogen-bond donors (Lipinski definition) is 1. The summed E-state index contributed by atoms with van der Waals surface area (Å²) in [5.41, 5.74) is 5.51. The lowest BCUT2D eigenvalue weighted by Crippen LogP contribution is -2.29. The number of aryl methyl sites for hydroxylation is 2. The minimum absolute atomic E-state index is 0.0258. The number of anilines is 1. The molecule has 10 heteroatoms. The lowest BCUT2D eigenvalue weighted by molar-refractivity contribution is -0.132. The van der Waals surface area contributed by atoms with Crippen LogP contribution >= 0.6 is 23.1 Å². The third kappa shape index (κ3) is 8.04. The lowest BCUT2D eigenvalue weighted by Gasteiger charge is -2.22. The van der Waals surface area contributed by atoms with Crippen molar-refractivity contribution in [2.45, 2.75) is 56.4 Å². The van der Waals surface area contributed by atoms with Gasteiger partial charge in [0.1, 0.15) is 23.9 Å². The van der Waals surface area contributed by atoms with Crippen molar-refractivity contribution in [3.8, 4) is 11.5 Å². The van der Waals surface area contributed by atoms with E-state index in [1.807, 2.05) is 56.3 Å². The molecule has 1 aliphatic heterocycles. The highest BCUT2D eigenvalue weighted by Gasteiger charge is 2.48. The predicted octanol–water partition coefficient (Wildman–Crippen LogP) is 8.83. The average Bonchev–Trinajstić information content (AvgIpc) is 3.69. The molecular formula is C39H37N3O5S2. The van der Waals surface area contributed by atoms with E-state index in [9.17, 15) is 14.7 Å². The zero-order valence-electron chi connectivity index (χ0n) is 27.6. The Bertz CT molecular complexity index is 1950. The molecule has 5 aromatic rings. The van der Waals surface area contributed by atoms with E-state index in [1.165, 1.54) is 33.6 Å². The van der Waals surface area contributed by atoms with E-state index in [2.05, 4.69) is 47.5 Å². The average molecular weight is 692 g/mol. The van der Waals surface area contributed by atoms with Crippen LogP contribution in [-0.4, -0.2) is 33.6 Å². The molecule has 6 rings (SSSR count). The Kier molecular flexibility index (Phi) is 10.8. The number of thioether (sulfide) groups is 1.